The van der Waals surface area contributed by atoms with Crippen molar-refractivity contribution in [2.45, 2.75) is 33.7 Å². The molecule has 0 amide bonds. The summed E-state index contributed by atoms with van der Waals surface area (Å²) in [5.74, 6) is 2.34. The van der Waals surface area contributed by atoms with Gasteiger partial charge in [-0.3, -0.25) is 0 Å². The Hall–Kier alpha value is -1.97. The molecule has 112 valence electrons. The highest BCUT2D eigenvalue weighted by Gasteiger charge is 2.19. The van der Waals surface area contributed by atoms with Crippen molar-refractivity contribution in [3.8, 4) is 11.3 Å². The Morgan fingerprint density at radius 3 is 2.81 bits per heavy atom. The van der Waals surface area contributed by atoms with Crippen LogP contribution in [0.3, 0.4) is 0 Å². The zero-order chi connectivity index (χ0) is 15.1. The highest BCUT2D eigenvalue weighted by Crippen LogP contribution is 2.33. The lowest BCUT2D eigenvalue weighted by atomic mass is 10.1. The third-order valence-electron chi connectivity index (χ3n) is 4.23. The van der Waals surface area contributed by atoms with E-state index in [9.17, 15) is 0 Å². The Morgan fingerprint density at radius 2 is 2.10 bits per heavy atom. The van der Waals surface area contributed by atoms with E-state index in [2.05, 4.69) is 48.6 Å². The largest absolute Gasteiger partial charge is 0.383 e. The average molecular weight is 284 g/mol. The molecule has 0 unspecified atom stereocenters. The molecule has 1 aromatic heterocycles. The second kappa shape index (κ2) is 5.10. The molecule has 21 heavy (non-hydrogen) atoms. The fourth-order valence-corrected chi connectivity index (χ4v) is 3.10. The topological polar surface area (TPSA) is 47.1 Å². The van der Waals surface area contributed by atoms with Crippen LogP contribution in [0.25, 0.3) is 11.3 Å². The van der Waals surface area contributed by atoms with Crippen LogP contribution in [-0.4, -0.2) is 23.1 Å². The zero-order valence-electron chi connectivity index (χ0n) is 13.3. The fourth-order valence-electron chi connectivity index (χ4n) is 3.10. The number of likely N-dealkylation sites (N-methyl/N-ethyl adjacent to an activating group) is 1. The number of nitrogens with zero attached hydrogens (tertiary/aromatic N) is 3. The Morgan fingerprint density at radius 1 is 1.33 bits per heavy atom. The summed E-state index contributed by atoms with van der Waals surface area (Å²) in [7, 11) is 2.14. The number of nitrogens with two attached hydrogens (primary N) is 1. The number of anilines is 2. The van der Waals surface area contributed by atoms with Crippen molar-refractivity contribution in [3.05, 3.63) is 29.6 Å². The van der Waals surface area contributed by atoms with Gasteiger partial charge in [0.1, 0.15) is 17.3 Å². The van der Waals surface area contributed by atoms with Crippen LogP contribution in [0.1, 0.15) is 25.2 Å². The van der Waals surface area contributed by atoms with E-state index in [1.807, 2.05) is 6.92 Å². The number of benzene rings is 1. The maximum Gasteiger partial charge on any atom is 0.131 e. The van der Waals surface area contributed by atoms with Gasteiger partial charge in [-0.05, 0) is 37.0 Å². The molecular formula is C17H24N4. The normalized spacial score (nSPS) is 14.0. The van der Waals surface area contributed by atoms with Gasteiger partial charge < -0.3 is 15.2 Å². The van der Waals surface area contributed by atoms with Gasteiger partial charge in [-0.1, -0.05) is 19.9 Å². The van der Waals surface area contributed by atoms with Crippen LogP contribution in [0.4, 0.5) is 11.5 Å². The first-order chi connectivity index (χ1) is 9.97. The van der Waals surface area contributed by atoms with E-state index in [4.69, 9.17) is 10.7 Å². The molecule has 4 nitrogen and oxygen atoms in total. The molecule has 1 aliphatic heterocycles. The van der Waals surface area contributed by atoms with Gasteiger partial charge in [-0.2, -0.15) is 0 Å². The number of nitrogen functional groups attached to an aromatic ring is 1. The van der Waals surface area contributed by atoms with Crippen LogP contribution in [0.2, 0.25) is 0 Å². The average Bonchev–Trinajstić information content (AvgIpc) is 2.93. The predicted molar refractivity (Wildman–Crippen MR) is 88.6 cm³/mol. The molecule has 0 aliphatic carbocycles. The molecule has 0 fully saturated rings. The number of hydrogen-bond donors (Lipinski definition) is 1. The lowest BCUT2D eigenvalue weighted by Gasteiger charge is -2.12. The van der Waals surface area contributed by atoms with Crippen molar-refractivity contribution in [1.29, 1.82) is 0 Å². The van der Waals surface area contributed by atoms with E-state index < -0.39 is 0 Å². The van der Waals surface area contributed by atoms with E-state index in [1.165, 1.54) is 11.3 Å². The number of imidazole rings is 1. The molecule has 0 bridgehead atoms. The van der Waals surface area contributed by atoms with Gasteiger partial charge in [0.2, 0.25) is 0 Å². The quantitative estimate of drug-likeness (QED) is 0.942. The summed E-state index contributed by atoms with van der Waals surface area (Å²) in [6.07, 6.45) is 1.10. The maximum absolute atomic E-state index is 6.35. The first-order valence-electron chi connectivity index (χ1n) is 7.64. The van der Waals surface area contributed by atoms with Crippen molar-refractivity contribution in [3.63, 3.8) is 0 Å². The molecule has 4 heteroatoms. The predicted octanol–water partition coefficient (Wildman–Crippen LogP) is 3.09. The van der Waals surface area contributed by atoms with Crippen molar-refractivity contribution in [1.82, 2.24) is 9.55 Å². The number of rotatable bonds is 3. The van der Waals surface area contributed by atoms with Gasteiger partial charge >= 0.3 is 0 Å². The summed E-state index contributed by atoms with van der Waals surface area (Å²) < 4.78 is 2.12. The Balaban J connectivity index is 2.02. The molecule has 1 aliphatic rings. The van der Waals surface area contributed by atoms with E-state index in [-0.39, 0.29) is 0 Å². The fraction of sp³-hybridized carbons (Fsp3) is 0.471. The summed E-state index contributed by atoms with van der Waals surface area (Å²) in [6, 6.07) is 6.57. The molecule has 0 saturated carbocycles. The van der Waals surface area contributed by atoms with E-state index in [0.717, 1.165) is 42.4 Å². The van der Waals surface area contributed by atoms with Gasteiger partial charge in [0.25, 0.3) is 0 Å². The van der Waals surface area contributed by atoms with Crippen LogP contribution in [-0.2, 0) is 13.0 Å². The van der Waals surface area contributed by atoms with Crippen molar-refractivity contribution in [2.24, 2.45) is 5.92 Å². The van der Waals surface area contributed by atoms with Crippen LogP contribution < -0.4 is 10.6 Å². The second-order valence-corrected chi connectivity index (χ2v) is 6.41. The SMILES string of the molecule is Cc1nc(-c2ccc3c(c2)CCN3C)c(N)n1CC(C)C. The summed E-state index contributed by atoms with van der Waals surface area (Å²) in [5, 5.41) is 0. The van der Waals surface area contributed by atoms with Crippen LogP contribution in [0.5, 0.6) is 0 Å². The summed E-state index contributed by atoms with van der Waals surface area (Å²) >= 11 is 0. The van der Waals surface area contributed by atoms with E-state index in [0.29, 0.717) is 5.92 Å². The summed E-state index contributed by atoms with van der Waals surface area (Å²) in [6.45, 7) is 8.43. The molecule has 3 rings (SSSR count). The molecule has 2 aromatic rings. The number of aromatic nitrogens is 2. The molecule has 0 saturated heterocycles. The molecule has 1 aromatic carbocycles. The van der Waals surface area contributed by atoms with Gasteiger partial charge in [0.15, 0.2) is 0 Å². The van der Waals surface area contributed by atoms with Crippen LogP contribution in [0, 0.1) is 12.8 Å². The summed E-state index contributed by atoms with van der Waals surface area (Å²) in [4.78, 5) is 7.00. The molecule has 0 atom stereocenters. The minimum Gasteiger partial charge on any atom is -0.383 e. The standard InChI is InChI=1S/C17H24N4/c1-11(2)10-21-12(3)19-16(17(21)18)14-5-6-15-13(9-14)7-8-20(15)4/h5-6,9,11H,7-8,10,18H2,1-4H3. The maximum atomic E-state index is 6.35. The summed E-state index contributed by atoms with van der Waals surface area (Å²) in [5.41, 5.74) is 11.1. The third-order valence-corrected chi connectivity index (χ3v) is 4.23. The Labute approximate surface area is 126 Å². The molecule has 2 heterocycles. The second-order valence-electron chi connectivity index (χ2n) is 6.41. The highest BCUT2D eigenvalue weighted by molar-refractivity contribution is 5.75. The molecule has 0 radical (unpaired) electrons. The first kappa shape index (κ1) is 14.0. The van der Waals surface area contributed by atoms with Crippen LogP contribution in [0.15, 0.2) is 18.2 Å². The van der Waals surface area contributed by atoms with E-state index in [1.54, 1.807) is 0 Å². The molecular weight excluding hydrogens is 260 g/mol. The Kier molecular flexibility index (Phi) is 3.40. The molecule has 2 N–H and O–H groups in total. The van der Waals surface area contributed by atoms with Crippen molar-refractivity contribution in [2.75, 3.05) is 24.2 Å². The highest BCUT2D eigenvalue weighted by atomic mass is 15.1. The Bertz CT molecular complexity index is 670. The smallest absolute Gasteiger partial charge is 0.131 e. The zero-order valence-corrected chi connectivity index (χ0v) is 13.3. The lowest BCUT2D eigenvalue weighted by molar-refractivity contribution is 0.518. The van der Waals surface area contributed by atoms with Crippen molar-refractivity contribution < 1.29 is 0 Å². The number of fused-ring (bicyclic) bond motifs is 1. The van der Waals surface area contributed by atoms with Gasteiger partial charge in [-0.25, -0.2) is 4.98 Å². The minimum absolute atomic E-state index is 0.557. The number of aryl methyl sites for hydroxylation is 1. The first-order valence-corrected chi connectivity index (χ1v) is 7.64. The number of hydrogen-bond acceptors (Lipinski definition) is 3. The van der Waals surface area contributed by atoms with E-state index >= 15 is 0 Å². The van der Waals surface area contributed by atoms with Gasteiger partial charge in [-0.15, -0.1) is 0 Å². The minimum atomic E-state index is 0.557. The van der Waals surface area contributed by atoms with Crippen molar-refractivity contribution >= 4 is 11.5 Å². The monoisotopic (exact) mass is 284 g/mol. The lowest BCUT2D eigenvalue weighted by Crippen LogP contribution is -2.12. The van der Waals surface area contributed by atoms with Gasteiger partial charge in [0, 0.05) is 31.4 Å². The molecule has 0 spiro atoms. The third kappa shape index (κ3) is 2.39. The van der Waals surface area contributed by atoms with Gasteiger partial charge in [0.05, 0.1) is 0 Å². The van der Waals surface area contributed by atoms with Crippen LogP contribution >= 0.6 is 0 Å².